The first kappa shape index (κ1) is 17.5. The Kier molecular flexibility index (Phi) is 5.78. The number of benzene rings is 1. The van der Waals surface area contributed by atoms with Gasteiger partial charge in [0.1, 0.15) is 5.60 Å². The Morgan fingerprint density at radius 1 is 1.14 bits per heavy atom. The Balaban J connectivity index is 2.76. The summed E-state index contributed by atoms with van der Waals surface area (Å²) in [6, 6.07) is 9.78. The standard InChI is InChI=1S/C17H27NO3/c1-16(2,3)21-15(19)18(12-11-17(4,5)20)13-14-9-7-6-8-10-14/h6-10,20H,11-13H2,1-5H3. The van der Waals surface area contributed by atoms with Gasteiger partial charge in [0.05, 0.1) is 5.60 Å². The van der Waals surface area contributed by atoms with E-state index in [1.54, 1.807) is 18.7 Å². The number of aliphatic hydroxyl groups is 1. The Bertz CT molecular complexity index is 443. The molecule has 118 valence electrons. The number of hydrogen-bond acceptors (Lipinski definition) is 3. The highest BCUT2D eigenvalue weighted by atomic mass is 16.6. The van der Waals surface area contributed by atoms with E-state index in [1.807, 2.05) is 51.1 Å². The number of carbonyl (C=O) groups is 1. The second-order valence-corrected chi connectivity index (χ2v) is 6.95. The molecule has 0 saturated carbocycles. The van der Waals surface area contributed by atoms with Gasteiger partial charge in [0.2, 0.25) is 0 Å². The highest BCUT2D eigenvalue weighted by Crippen LogP contribution is 2.15. The molecule has 0 fully saturated rings. The van der Waals surface area contributed by atoms with Crippen molar-refractivity contribution < 1.29 is 14.6 Å². The average Bonchev–Trinajstić information content (AvgIpc) is 2.32. The van der Waals surface area contributed by atoms with Crippen LogP contribution in [-0.2, 0) is 11.3 Å². The topological polar surface area (TPSA) is 49.8 Å². The summed E-state index contributed by atoms with van der Waals surface area (Å²) in [4.78, 5) is 13.9. The van der Waals surface area contributed by atoms with Gasteiger partial charge in [0, 0.05) is 13.1 Å². The van der Waals surface area contributed by atoms with Crippen LogP contribution in [0.15, 0.2) is 30.3 Å². The largest absolute Gasteiger partial charge is 0.444 e. The molecule has 0 saturated heterocycles. The van der Waals surface area contributed by atoms with Crippen molar-refractivity contribution in [3.63, 3.8) is 0 Å². The highest BCUT2D eigenvalue weighted by molar-refractivity contribution is 5.68. The zero-order valence-electron chi connectivity index (χ0n) is 13.7. The second-order valence-electron chi connectivity index (χ2n) is 6.95. The van der Waals surface area contributed by atoms with Gasteiger partial charge in [-0.15, -0.1) is 0 Å². The fourth-order valence-electron chi connectivity index (χ4n) is 1.77. The molecule has 4 heteroatoms. The maximum Gasteiger partial charge on any atom is 0.410 e. The smallest absolute Gasteiger partial charge is 0.410 e. The summed E-state index contributed by atoms with van der Waals surface area (Å²) in [5, 5.41) is 9.87. The molecule has 1 N–H and O–H groups in total. The minimum Gasteiger partial charge on any atom is -0.444 e. The van der Waals surface area contributed by atoms with Crippen molar-refractivity contribution in [1.29, 1.82) is 0 Å². The van der Waals surface area contributed by atoms with Crippen LogP contribution < -0.4 is 0 Å². The molecule has 0 radical (unpaired) electrons. The lowest BCUT2D eigenvalue weighted by Crippen LogP contribution is -2.39. The van der Waals surface area contributed by atoms with Gasteiger partial charge in [-0.3, -0.25) is 0 Å². The Hall–Kier alpha value is -1.55. The van der Waals surface area contributed by atoms with Gasteiger partial charge in [-0.25, -0.2) is 4.79 Å². The van der Waals surface area contributed by atoms with E-state index in [9.17, 15) is 9.90 Å². The van der Waals surface area contributed by atoms with Crippen LogP contribution in [-0.4, -0.2) is 33.8 Å². The number of carbonyl (C=O) groups excluding carboxylic acids is 1. The normalized spacial score (nSPS) is 12.1. The van der Waals surface area contributed by atoms with E-state index in [-0.39, 0.29) is 6.09 Å². The lowest BCUT2D eigenvalue weighted by Gasteiger charge is -2.29. The van der Waals surface area contributed by atoms with E-state index in [4.69, 9.17) is 4.74 Å². The van der Waals surface area contributed by atoms with E-state index < -0.39 is 11.2 Å². The van der Waals surface area contributed by atoms with Crippen LogP contribution in [0.1, 0.15) is 46.6 Å². The van der Waals surface area contributed by atoms with Gasteiger partial charge < -0.3 is 14.7 Å². The molecule has 1 rings (SSSR count). The number of amides is 1. The molecule has 0 bridgehead atoms. The molecular formula is C17H27NO3. The third-order valence-corrected chi connectivity index (χ3v) is 2.86. The maximum atomic E-state index is 12.3. The Morgan fingerprint density at radius 2 is 1.71 bits per heavy atom. The zero-order chi connectivity index (χ0) is 16.1. The van der Waals surface area contributed by atoms with Crippen LogP contribution in [0, 0.1) is 0 Å². The Morgan fingerprint density at radius 3 is 2.19 bits per heavy atom. The van der Waals surface area contributed by atoms with Gasteiger partial charge in [-0.1, -0.05) is 30.3 Å². The van der Waals surface area contributed by atoms with Crippen molar-refractivity contribution in [2.24, 2.45) is 0 Å². The highest BCUT2D eigenvalue weighted by Gasteiger charge is 2.24. The molecule has 0 atom stereocenters. The molecule has 1 aromatic carbocycles. The molecule has 0 aromatic heterocycles. The predicted octanol–water partition coefficient (Wildman–Crippen LogP) is 3.58. The minimum absolute atomic E-state index is 0.351. The van der Waals surface area contributed by atoms with Crippen molar-refractivity contribution >= 4 is 6.09 Å². The fraction of sp³-hybridized carbons (Fsp3) is 0.588. The predicted molar refractivity (Wildman–Crippen MR) is 84.0 cm³/mol. The fourth-order valence-corrected chi connectivity index (χ4v) is 1.77. The lowest BCUT2D eigenvalue weighted by atomic mass is 10.1. The third-order valence-electron chi connectivity index (χ3n) is 2.86. The third kappa shape index (κ3) is 7.71. The van der Waals surface area contributed by atoms with E-state index in [0.29, 0.717) is 19.5 Å². The molecular weight excluding hydrogens is 266 g/mol. The molecule has 0 heterocycles. The summed E-state index contributed by atoms with van der Waals surface area (Å²) in [6.45, 7) is 9.95. The first-order chi connectivity index (χ1) is 9.57. The van der Waals surface area contributed by atoms with Crippen LogP contribution in [0.4, 0.5) is 4.79 Å². The summed E-state index contributed by atoms with van der Waals surface area (Å²) in [5.41, 5.74) is -0.295. The van der Waals surface area contributed by atoms with E-state index in [2.05, 4.69) is 0 Å². The summed E-state index contributed by atoms with van der Waals surface area (Å²) in [7, 11) is 0. The molecule has 0 spiro atoms. The molecule has 0 aliphatic heterocycles. The van der Waals surface area contributed by atoms with Crippen LogP contribution in [0.5, 0.6) is 0 Å². The van der Waals surface area contributed by atoms with E-state index >= 15 is 0 Å². The molecule has 1 aromatic rings. The maximum absolute atomic E-state index is 12.3. The van der Waals surface area contributed by atoms with Gasteiger partial charge in [0.25, 0.3) is 0 Å². The molecule has 0 unspecified atom stereocenters. The Labute approximate surface area is 127 Å². The number of nitrogens with zero attached hydrogens (tertiary/aromatic N) is 1. The average molecular weight is 293 g/mol. The number of hydrogen-bond donors (Lipinski definition) is 1. The van der Waals surface area contributed by atoms with Crippen LogP contribution in [0.25, 0.3) is 0 Å². The van der Waals surface area contributed by atoms with Crippen LogP contribution >= 0.6 is 0 Å². The van der Waals surface area contributed by atoms with Gasteiger partial charge in [-0.05, 0) is 46.6 Å². The summed E-state index contributed by atoms with van der Waals surface area (Å²) < 4.78 is 5.44. The summed E-state index contributed by atoms with van der Waals surface area (Å²) in [5.74, 6) is 0. The summed E-state index contributed by atoms with van der Waals surface area (Å²) >= 11 is 0. The van der Waals surface area contributed by atoms with Crippen molar-refractivity contribution in [3.8, 4) is 0 Å². The van der Waals surface area contributed by atoms with E-state index in [0.717, 1.165) is 5.56 Å². The number of rotatable bonds is 5. The van der Waals surface area contributed by atoms with Crippen molar-refractivity contribution in [1.82, 2.24) is 4.90 Å². The quantitative estimate of drug-likeness (QED) is 0.902. The molecule has 0 aliphatic rings. The molecule has 1 amide bonds. The SMILES string of the molecule is CC(C)(O)CCN(Cc1ccccc1)C(=O)OC(C)(C)C. The molecule has 0 aliphatic carbocycles. The summed E-state index contributed by atoms with van der Waals surface area (Å²) in [6.07, 6.45) is 0.148. The van der Waals surface area contributed by atoms with Crippen LogP contribution in [0.2, 0.25) is 0 Å². The van der Waals surface area contributed by atoms with Crippen molar-refractivity contribution in [2.75, 3.05) is 6.54 Å². The van der Waals surface area contributed by atoms with Crippen molar-refractivity contribution in [3.05, 3.63) is 35.9 Å². The van der Waals surface area contributed by atoms with Gasteiger partial charge >= 0.3 is 6.09 Å². The number of ether oxygens (including phenoxy) is 1. The van der Waals surface area contributed by atoms with Gasteiger partial charge in [0.15, 0.2) is 0 Å². The first-order valence-electron chi connectivity index (χ1n) is 7.31. The van der Waals surface area contributed by atoms with Crippen molar-refractivity contribution in [2.45, 2.75) is 58.8 Å². The van der Waals surface area contributed by atoms with E-state index in [1.165, 1.54) is 0 Å². The second kappa shape index (κ2) is 6.94. The molecule has 21 heavy (non-hydrogen) atoms. The monoisotopic (exact) mass is 293 g/mol. The molecule has 4 nitrogen and oxygen atoms in total. The zero-order valence-corrected chi connectivity index (χ0v) is 13.7. The minimum atomic E-state index is -0.809. The first-order valence-corrected chi connectivity index (χ1v) is 7.31. The van der Waals surface area contributed by atoms with Crippen LogP contribution in [0.3, 0.4) is 0 Å². The lowest BCUT2D eigenvalue weighted by molar-refractivity contribution is 0.0138. The van der Waals surface area contributed by atoms with Gasteiger partial charge in [-0.2, -0.15) is 0 Å².